The van der Waals surface area contributed by atoms with Crippen LogP contribution in [0.25, 0.3) is 0 Å². The Labute approximate surface area is 102 Å². The largest absolute Gasteiger partial charge is 0.310 e. The minimum Gasteiger partial charge on any atom is -0.310 e. The molecule has 0 aromatic carbocycles. The summed E-state index contributed by atoms with van der Waals surface area (Å²) in [6.07, 6.45) is 13.9. The maximum atomic E-state index is 7.67. The molecule has 1 nitrogen and oxygen atoms in total. The summed E-state index contributed by atoms with van der Waals surface area (Å²) in [6.45, 7) is 4.26. The van der Waals surface area contributed by atoms with Crippen LogP contribution in [0.15, 0.2) is 0 Å². The van der Waals surface area contributed by atoms with Crippen LogP contribution in [-0.2, 0) is 0 Å². The molecule has 0 aromatic rings. The first kappa shape index (κ1) is 13.7. The Bertz CT molecular complexity index is 190. The molecule has 0 atom stereocenters. The SMILES string of the molecule is CCCCCCCC1CCC(C(C)=N)CC1. The molecule has 1 saturated carbocycles. The minimum absolute atomic E-state index is 0.622. The Balaban J connectivity index is 2.02. The van der Waals surface area contributed by atoms with Crippen LogP contribution in [0.4, 0.5) is 0 Å². The minimum atomic E-state index is 0.622. The van der Waals surface area contributed by atoms with Gasteiger partial charge in [0.15, 0.2) is 0 Å². The number of hydrogen-bond donors (Lipinski definition) is 1. The second kappa shape index (κ2) is 7.86. The van der Waals surface area contributed by atoms with E-state index >= 15 is 0 Å². The Morgan fingerprint density at radius 2 is 1.62 bits per heavy atom. The van der Waals surface area contributed by atoms with Crippen LogP contribution >= 0.6 is 0 Å². The molecule has 0 bridgehead atoms. The zero-order valence-electron chi connectivity index (χ0n) is 11.2. The third-order valence-corrected chi connectivity index (χ3v) is 4.18. The standard InChI is InChI=1S/C15H29N/c1-3-4-5-6-7-8-14-9-11-15(12-10-14)13(2)16/h14-16H,3-12H2,1-2H3. The van der Waals surface area contributed by atoms with Gasteiger partial charge in [-0.15, -0.1) is 0 Å². The monoisotopic (exact) mass is 223 g/mol. The van der Waals surface area contributed by atoms with E-state index in [0.29, 0.717) is 5.92 Å². The van der Waals surface area contributed by atoms with Crippen molar-refractivity contribution >= 4 is 5.71 Å². The van der Waals surface area contributed by atoms with Gasteiger partial charge in [-0.3, -0.25) is 0 Å². The van der Waals surface area contributed by atoms with Gasteiger partial charge in [-0.05, 0) is 44.4 Å². The van der Waals surface area contributed by atoms with Gasteiger partial charge < -0.3 is 5.41 Å². The van der Waals surface area contributed by atoms with Crippen molar-refractivity contribution < 1.29 is 0 Å². The predicted molar refractivity (Wildman–Crippen MR) is 72.2 cm³/mol. The van der Waals surface area contributed by atoms with Crippen LogP contribution in [-0.4, -0.2) is 5.71 Å². The van der Waals surface area contributed by atoms with Crippen LogP contribution in [0, 0.1) is 17.2 Å². The summed E-state index contributed by atoms with van der Waals surface area (Å²) in [4.78, 5) is 0. The molecular formula is C15H29N. The summed E-state index contributed by atoms with van der Waals surface area (Å²) in [7, 11) is 0. The molecule has 1 heteroatoms. The van der Waals surface area contributed by atoms with Crippen molar-refractivity contribution in [3.05, 3.63) is 0 Å². The zero-order chi connectivity index (χ0) is 11.8. The molecule has 1 fully saturated rings. The predicted octanol–water partition coefficient (Wildman–Crippen LogP) is 5.19. The first-order chi connectivity index (χ1) is 7.74. The number of rotatable bonds is 7. The van der Waals surface area contributed by atoms with E-state index in [2.05, 4.69) is 6.92 Å². The van der Waals surface area contributed by atoms with E-state index in [1.54, 1.807) is 0 Å². The van der Waals surface area contributed by atoms with Gasteiger partial charge in [0.1, 0.15) is 0 Å². The molecule has 16 heavy (non-hydrogen) atoms. The summed E-state index contributed by atoms with van der Waals surface area (Å²) in [6, 6.07) is 0. The molecule has 0 heterocycles. The summed E-state index contributed by atoms with van der Waals surface area (Å²) < 4.78 is 0. The molecule has 0 radical (unpaired) electrons. The van der Waals surface area contributed by atoms with E-state index in [1.165, 1.54) is 64.2 Å². The van der Waals surface area contributed by atoms with Crippen LogP contribution in [0.3, 0.4) is 0 Å². The first-order valence-corrected chi connectivity index (χ1v) is 7.29. The van der Waals surface area contributed by atoms with Gasteiger partial charge in [0.25, 0.3) is 0 Å². The van der Waals surface area contributed by atoms with Gasteiger partial charge in [0.05, 0.1) is 0 Å². The summed E-state index contributed by atoms with van der Waals surface area (Å²) >= 11 is 0. The maximum Gasteiger partial charge on any atom is 0.00891 e. The van der Waals surface area contributed by atoms with Crippen molar-refractivity contribution in [2.24, 2.45) is 11.8 Å². The van der Waals surface area contributed by atoms with E-state index in [4.69, 9.17) is 5.41 Å². The Kier molecular flexibility index (Phi) is 6.75. The molecule has 0 amide bonds. The Morgan fingerprint density at radius 1 is 1.00 bits per heavy atom. The Morgan fingerprint density at radius 3 is 2.19 bits per heavy atom. The van der Waals surface area contributed by atoms with Crippen molar-refractivity contribution in [1.29, 1.82) is 5.41 Å². The lowest BCUT2D eigenvalue weighted by Gasteiger charge is -2.28. The molecule has 0 saturated heterocycles. The van der Waals surface area contributed by atoms with E-state index in [1.807, 2.05) is 6.92 Å². The third kappa shape index (κ3) is 5.14. The Hall–Kier alpha value is -0.330. The van der Waals surface area contributed by atoms with Gasteiger partial charge in [-0.25, -0.2) is 0 Å². The summed E-state index contributed by atoms with van der Waals surface area (Å²) in [5, 5.41) is 7.67. The average Bonchev–Trinajstić information content (AvgIpc) is 2.29. The molecule has 94 valence electrons. The lowest BCUT2D eigenvalue weighted by Crippen LogP contribution is -2.19. The maximum absolute atomic E-state index is 7.67. The van der Waals surface area contributed by atoms with Crippen LogP contribution < -0.4 is 0 Å². The number of nitrogens with one attached hydrogen (secondary N) is 1. The van der Waals surface area contributed by atoms with Gasteiger partial charge in [0.2, 0.25) is 0 Å². The van der Waals surface area contributed by atoms with Crippen LogP contribution in [0.2, 0.25) is 0 Å². The van der Waals surface area contributed by atoms with Gasteiger partial charge >= 0.3 is 0 Å². The van der Waals surface area contributed by atoms with E-state index < -0.39 is 0 Å². The van der Waals surface area contributed by atoms with Crippen LogP contribution in [0.5, 0.6) is 0 Å². The van der Waals surface area contributed by atoms with Crippen molar-refractivity contribution in [1.82, 2.24) is 0 Å². The van der Waals surface area contributed by atoms with Crippen molar-refractivity contribution in [2.75, 3.05) is 0 Å². The second-order valence-corrected chi connectivity index (χ2v) is 5.60. The fraction of sp³-hybridized carbons (Fsp3) is 0.933. The van der Waals surface area contributed by atoms with Crippen molar-refractivity contribution in [3.63, 3.8) is 0 Å². The highest BCUT2D eigenvalue weighted by molar-refractivity contribution is 5.81. The third-order valence-electron chi connectivity index (χ3n) is 4.18. The number of hydrogen-bond acceptors (Lipinski definition) is 1. The number of unbranched alkanes of at least 4 members (excludes halogenated alkanes) is 4. The normalized spacial score (nSPS) is 25.6. The van der Waals surface area contributed by atoms with E-state index in [0.717, 1.165) is 11.6 Å². The lowest BCUT2D eigenvalue weighted by atomic mass is 9.78. The van der Waals surface area contributed by atoms with Gasteiger partial charge in [-0.1, -0.05) is 45.4 Å². The molecule has 1 aliphatic rings. The molecule has 0 spiro atoms. The molecule has 0 aliphatic heterocycles. The first-order valence-electron chi connectivity index (χ1n) is 7.29. The highest BCUT2D eigenvalue weighted by atomic mass is 14.4. The fourth-order valence-corrected chi connectivity index (χ4v) is 2.92. The van der Waals surface area contributed by atoms with Crippen LogP contribution in [0.1, 0.15) is 78.1 Å². The summed E-state index contributed by atoms with van der Waals surface area (Å²) in [5.74, 6) is 1.61. The molecule has 1 N–H and O–H groups in total. The van der Waals surface area contributed by atoms with Gasteiger partial charge in [-0.2, -0.15) is 0 Å². The highest BCUT2D eigenvalue weighted by Crippen LogP contribution is 2.32. The van der Waals surface area contributed by atoms with E-state index in [-0.39, 0.29) is 0 Å². The molecule has 0 aromatic heterocycles. The molecule has 0 unspecified atom stereocenters. The second-order valence-electron chi connectivity index (χ2n) is 5.60. The van der Waals surface area contributed by atoms with E-state index in [9.17, 15) is 0 Å². The highest BCUT2D eigenvalue weighted by Gasteiger charge is 2.21. The van der Waals surface area contributed by atoms with Crippen molar-refractivity contribution in [3.8, 4) is 0 Å². The summed E-state index contributed by atoms with van der Waals surface area (Å²) in [5.41, 5.74) is 0.918. The molecule has 1 aliphatic carbocycles. The topological polar surface area (TPSA) is 23.9 Å². The molecule has 1 rings (SSSR count). The average molecular weight is 223 g/mol. The lowest BCUT2D eigenvalue weighted by molar-refractivity contribution is 0.297. The fourth-order valence-electron chi connectivity index (χ4n) is 2.92. The molecular weight excluding hydrogens is 194 g/mol. The quantitative estimate of drug-likeness (QED) is 0.453. The van der Waals surface area contributed by atoms with Crippen molar-refractivity contribution in [2.45, 2.75) is 78.1 Å². The smallest absolute Gasteiger partial charge is 0.00891 e. The zero-order valence-corrected chi connectivity index (χ0v) is 11.2. The van der Waals surface area contributed by atoms with Gasteiger partial charge in [0, 0.05) is 5.71 Å².